The van der Waals surface area contributed by atoms with E-state index in [4.69, 9.17) is 11.6 Å². The Kier molecular flexibility index (Phi) is 3.84. The highest BCUT2D eigenvalue weighted by atomic mass is 79.9. The van der Waals surface area contributed by atoms with Crippen LogP contribution in [0, 0.1) is 0 Å². The van der Waals surface area contributed by atoms with Crippen molar-refractivity contribution >= 4 is 44.7 Å². The molecule has 0 aliphatic carbocycles. The summed E-state index contributed by atoms with van der Waals surface area (Å²) in [6, 6.07) is 8.06. The first kappa shape index (κ1) is 11.9. The summed E-state index contributed by atoms with van der Waals surface area (Å²) >= 11 is 10.8. The largest absolute Gasteiger partial charge is 0.363 e. The van der Waals surface area contributed by atoms with Crippen LogP contribution in [0.2, 0.25) is 4.34 Å². The van der Waals surface area contributed by atoms with Gasteiger partial charge in [0.15, 0.2) is 0 Å². The fourth-order valence-corrected chi connectivity index (χ4v) is 2.61. The predicted octanol–water partition coefficient (Wildman–Crippen LogP) is 4.73. The first-order valence-electron chi connectivity index (χ1n) is 4.78. The molecule has 16 heavy (non-hydrogen) atoms. The van der Waals surface area contributed by atoms with E-state index in [0.29, 0.717) is 0 Å². The monoisotopic (exact) mass is 316 g/mol. The molecule has 1 atom stereocenters. The molecule has 0 saturated heterocycles. The standard InChI is InChI=1S/C11H10BrClN2S/c1-7(9-3-4-10(13)16-9)15-11-5-2-8(12)6-14-11/h2-7H,1H3,(H,14,15). The quantitative estimate of drug-likeness (QED) is 0.885. The van der Waals surface area contributed by atoms with Crippen molar-refractivity contribution in [3.63, 3.8) is 0 Å². The van der Waals surface area contributed by atoms with Crippen molar-refractivity contribution < 1.29 is 0 Å². The summed E-state index contributed by atoms with van der Waals surface area (Å²) in [6.07, 6.45) is 1.77. The van der Waals surface area contributed by atoms with E-state index in [9.17, 15) is 0 Å². The van der Waals surface area contributed by atoms with Crippen molar-refractivity contribution in [3.05, 3.63) is 44.1 Å². The van der Waals surface area contributed by atoms with Crippen molar-refractivity contribution in [1.29, 1.82) is 0 Å². The maximum Gasteiger partial charge on any atom is 0.126 e. The molecule has 2 aromatic heterocycles. The predicted molar refractivity (Wildman–Crippen MR) is 73.3 cm³/mol. The molecule has 2 nitrogen and oxygen atoms in total. The maximum atomic E-state index is 5.90. The number of aromatic nitrogens is 1. The van der Waals surface area contributed by atoms with Gasteiger partial charge in [0.05, 0.1) is 10.4 Å². The van der Waals surface area contributed by atoms with Gasteiger partial charge in [-0.05, 0) is 47.1 Å². The number of hydrogen-bond acceptors (Lipinski definition) is 3. The molecule has 2 heterocycles. The molecule has 0 amide bonds. The fraction of sp³-hybridized carbons (Fsp3) is 0.182. The van der Waals surface area contributed by atoms with E-state index >= 15 is 0 Å². The van der Waals surface area contributed by atoms with E-state index in [0.717, 1.165) is 14.6 Å². The van der Waals surface area contributed by atoms with Crippen molar-refractivity contribution in [3.8, 4) is 0 Å². The van der Waals surface area contributed by atoms with Crippen LogP contribution in [0.4, 0.5) is 5.82 Å². The van der Waals surface area contributed by atoms with Crippen LogP contribution in [0.25, 0.3) is 0 Å². The molecule has 2 aromatic rings. The minimum Gasteiger partial charge on any atom is -0.363 e. The van der Waals surface area contributed by atoms with Gasteiger partial charge in [0, 0.05) is 15.5 Å². The lowest BCUT2D eigenvalue weighted by atomic mass is 10.3. The third-order valence-corrected chi connectivity index (χ3v) is 4.00. The smallest absolute Gasteiger partial charge is 0.126 e. The highest BCUT2D eigenvalue weighted by Crippen LogP contribution is 2.28. The Morgan fingerprint density at radius 2 is 2.19 bits per heavy atom. The minimum atomic E-state index is 0.214. The summed E-state index contributed by atoms with van der Waals surface area (Å²) in [7, 11) is 0. The summed E-state index contributed by atoms with van der Waals surface area (Å²) in [5, 5.41) is 3.32. The Hall–Kier alpha value is -0.580. The molecule has 0 aliphatic rings. The molecule has 0 aromatic carbocycles. The van der Waals surface area contributed by atoms with Crippen LogP contribution in [0.15, 0.2) is 34.9 Å². The summed E-state index contributed by atoms with van der Waals surface area (Å²) in [4.78, 5) is 5.47. The zero-order valence-corrected chi connectivity index (χ0v) is 11.7. The van der Waals surface area contributed by atoms with Gasteiger partial charge in [-0.2, -0.15) is 0 Å². The number of anilines is 1. The lowest BCUT2D eigenvalue weighted by molar-refractivity contribution is 0.896. The van der Waals surface area contributed by atoms with E-state index in [-0.39, 0.29) is 6.04 Å². The second-order valence-electron chi connectivity index (χ2n) is 3.37. The highest BCUT2D eigenvalue weighted by molar-refractivity contribution is 9.10. The lowest BCUT2D eigenvalue weighted by Gasteiger charge is -2.12. The molecular formula is C11H10BrClN2S. The topological polar surface area (TPSA) is 24.9 Å². The third kappa shape index (κ3) is 2.97. The SMILES string of the molecule is CC(Nc1ccc(Br)cn1)c1ccc(Cl)s1. The fourth-order valence-electron chi connectivity index (χ4n) is 1.32. The first-order valence-corrected chi connectivity index (χ1v) is 6.77. The first-order chi connectivity index (χ1) is 7.65. The summed E-state index contributed by atoms with van der Waals surface area (Å²) in [5.74, 6) is 0.861. The zero-order valence-electron chi connectivity index (χ0n) is 8.58. The Balaban J connectivity index is 2.07. The van der Waals surface area contributed by atoms with Crippen molar-refractivity contribution in [2.24, 2.45) is 0 Å². The molecule has 0 aliphatic heterocycles. The van der Waals surface area contributed by atoms with E-state index in [1.165, 1.54) is 4.88 Å². The number of hydrogen-bond donors (Lipinski definition) is 1. The van der Waals surface area contributed by atoms with Crippen molar-refractivity contribution in [2.45, 2.75) is 13.0 Å². The number of pyridine rings is 1. The summed E-state index contributed by atoms with van der Waals surface area (Å²) < 4.78 is 1.79. The number of halogens is 2. The highest BCUT2D eigenvalue weighted by Gasteiger charge is 2.08. The van der Waals surface area contributed by atoms with E-state index in [1.54, 1.807) is 17.5 Å². The van der Waals surface area contributed by atoms with E-state index in [2.05, 4.69) is 33.2 Å². The Bertz CT molecular complexity index is 469. The number of thiophene rings is 1. The van der Waals surface area contributed by atoms with Crippen LogP contribution in [0.1, 0.15) is 17.8 Å². The van der Waals surface area contributed by atoms with Gasteiger partial charge >= 0.3 is 0 Å². The Labute approximate surface area is 112 Å². The molecule has 5 heteroatoms. The molecular weight excluding hydrogens is 308 g/mol. The van der Waals surface area contributed by atoms with E-state index < -0.39 is 0 Å². The van der Waals surface area contributed by atoms with Crippen LogP contribution in [-0.2, 0) is 0 Å². The van der Waals surface area contributed by atoms with Crippen LogP contribution >= 0.6 is 38.9 Å². The summed E-state index contributed by atoms with van der Waals surface area (Å²) in [5.41, 5.74) is 0. The second kappa shape index (κ2) is 5.17. The number of nitrogens with zero attached hydrogens (tertiary/aromatic N) is 1. The second-order valence-corrected chi connectivity index (χ2v) is 6.03. The van der Waals surface area contributed by atoms with Gasteiger partial charge in [-0.15, -0.1) is 11.3 Å². The van der Waals surface area contributed by atoms with E-state index in [1.807, 2.05) is 24.3 Å². The molecule has 1 unspecified atom stereocenters. The molecule has 0 spiro atoms. The molecule has 0 fully saturated rings. The molecule has 0 saturated carbocycles. The Morgan fingerprint density at radius 1 is 1.38 bits per heavy atom. The molecule has 2 rings (SSSR count). The van der Waals surface area contributed by atoms with Gasteiger partial charge in [-0.3, -0.25) is 0 Å². The van der Waals surface area contributed by atoms with Gasteiger partial charge in [0.1, 0.15) is 5.82 Å². The Morgan fingerprint density at radius 3 is 2.75 bits per heavy atom. The zero-order chi connectivity index (χ0) is 11.5. The minimum absolute atomic E-state index is 0.214. The average Bonchev–Trinajstić information content (AvgIpc) is 2.68. The maximum absolute atomic E-state index is 5.90. The van der Waals surface area contributed by atoms with Crippen molar-refractivity contribution in [1.82, 2.24) is 4.98 Å². The number of nitrogens with one attached hydrogen (secondary N) is 1. The van der Waals surface area contributed by atoms with Crippen molar-refractivity contribution in [2.75, 3.05) is 5.32 Å². The molecule has 0 radical (unpaired) electrons. The normalized spacial score (nSPS) is 12.4. The lowest BCUT2D eigenvalue weighted by Crippen LogP contribution is -2.05. The summed E-state index contributed by atoms with van der Waals surface area (Å²) in [6.45, 7) is 2.09. The number of rotatable bonds is 3. The van der Waals surface area contributed by atoms with Crippen LogP contribution in [-0.4, -0.2) is 4.98 Å². The molecule has 0 bridgehead atoms. The van der Waals surface area contributed by atoms with Gasteiger partial charge < -0.3 is 5.32 Å². The van der Waals surface area contributed by atoms with Gasteiger partial charge in [-0.25, -0.2) is 4.98 Å². The van der Waals surface area contributed by atoms with Crippen LogP contribution in [0.3, 0.4) is 0 Å². The van der Waals surface area contributed by atoms with Crippen LogP contribution < -0.4 is 5.32 Å². The third-order valence-electron chi connectivity index (χ3n) is 2.11. The van der Waals surface area contributed by atoms with Gasteiger partial charge in [0.25, 0.3) is 0 Å². The van der Waals surface area contributed by atoms with Gasteiger partial charge in [0.2, 0.25) is 0 Å². The van der Waals surface area contributed by atoms with Gasteiger partial charge in [-0.1, -0.05) is 11.6 Å². The molecule has 84 valence electrons. The average molecular weight is 318 g/mol. The van der Waals surface area contributed by atoms with Crippen LogP contribution in [0.5, 0.6) is 0 Å². The molecule has 1 N–H and O–H groups in total.